The summed E-state index contributed by atoms with van der Waals surface area (Å²) in [7, 11) is 0.711. The minimum atomic E-state index is -3.10. The van der Waals surface area contributed by atoms with Crippen LogP contribution in [0.3, 0.4) is 0 Å². The van der Waals surface area contributed by atoms with Crippen molar-refractivity contribution in [1.29, 1.82) is 0 Å². The second-order valence-electron chi connectivity index (χ2n) is 4.99. The molecule has 1 saturated heterocycles. The van der Waals surface area contributed by atoms with Gasteiger partial charge in [0.25, 0.3) is 0 Å². The third-order valence-corrected chi connectivity index (χ3v) is 5.10. The zero-order chi connectivity index (χ0) is 12.4. The SMILES string of the molecule is CNCCS(=O)(=O)N1CCN(C)C(C)(C)C1. The lowest BCUT2D eigenvalue weighted by molar-refractivity contribution is 0.0802. The Morgan fingerprint density at radius 3 is 2.44 bits per heavy atom. The fourth-order valence-electron chi connectivity index (χ4n) is 1.79. The normalized spacial score (nSPS) is 23.5. The number of nitrogens with zero attached hydrogens (tertiary/aromatic N) is 2. The summed E-state index contributed by atoms with van der Waals surface area (Å²) in [5, 5.41) is 2.88. The summed E-state index contributed by atoms with van der Waals surface area (Å²) < 4.78 is 25.6. The van der Waals surface area contributed by atoms with Crippen LogP contribution in [-0.4, -0.2) is 69.2 Å². The lowest BCUT2D eigenvalue weighted by atomic mass is 10.0. The highest BCUT2D eigenvalue weighted by Gasteiger charge is 2.35. The second kappa shape index (κ2) is 5.00. The first-order valence-corrected chi connectivity index (χ1v) is 7.24. The van der Waals surface area contributed by atoms with Gasteiger partial charge in [0, 0.05) is 31.7 Å². The Balaban J connectivity index is 2.69. The van der Waals surface area contributed by atoms with E-state index in [2.05, 4.69) is 24.1 Å². The number of sulfonamides is 1. The molecule has 5 nitrogen and oxygen atoms in total. The van der Waals surface area contributed by atoms with Gasteiger partial charge in [-0.25, -0.2) is 8.42 Å². The van der Waals surface area contributed by atoms with Crippen LogP contribution in [0.2, 0.25) is 0 Å². The summed E-state index contributed by atoms with van der Waals surface area (Å²) >= 11 is 0. The largest absolute Gasteiger partial charge is 0.319 e. The van der Waals surface area contributed by atoms with Crippen LogP contribution < -0.4 is 5.32 Å². The van der Waals surface area contributed by atoms with E-state index in [1.807, 2.05) is 7.05 Å². The first kappa shape index (κ1) is 13.9. The van der Waals surface area contributed by atoms with Gasteiger partial charge in [-0.2, -0.15) is 4.31 Å². The van der Waals surface area contributed by atoms with Crippen LogP contribution in [0.25, 0.3) is 0 Å². The smallest absolute Gasteiger partial charge is 0.215 e. The molecule has 0 aliphatic carbocycles. The lowest BCUT2D eigenvalue weighted by Crippen LogP contribution is -2.59. The molecule has 0 radical (unpaired) electrons. The maximum Gasteiger partial charge on any atom is 0.215 e. The van der Waals surface area contributed by atoms with Gasteiger partial charge in [-0.15, -0.1) is 0 Å². The van der Waals surface area contributed by atoms with Crippen LogP contribution in [0.1, 0.15) is 13.8 Å². The average molecular weight is 249 g/mol. The van der Waals surface area contributed by atoms with E-state index in [4.69, 9.17) is 0 Å². The maximum absolute atomic E-state index is 12.0. The third-order valence-electron chi connectivity index (χ3n) is 3.28. The molecule has 0 amide bonds. The van der Waals surface area contributed by atoms with Gasteiger partial charge in [-0.05, 0) is 27.9 Å². The van der Waals surface area contributed by atoms with Crippen molar-refractivity contribution in [2.24, 2.45) is 0 Å². The van der Waals surface area contributed by atoms with Gasteiger partial charge in [-0.3, -0.25) is 4.90 Å². The molecule has 0 aromatic rings. The Morgan fingerprint density at radius 1 is 1.31 bits per heavy atom. The van der Waals surface area contributed by atoms with Crippen molar-refractivity contribution in [3.8, 4) is 0 Å². The van der Waals surface area contributed by atoms with Crippen molar-refractivity contribution in [3.63, 3.8) is 0 Å². The fourth-order valence-corrected chi connectivity index (χ4v) is 3.39. The molecular formula is C10H23N3O2S. The number of piperazine rings is 1. The van der Waals surface area contributed by atoms with Gasteiger partial charge >= 0.3 is 0 Å². The standard InChI is InChI=1S/C10H23N3O2S/c1-10(2)9-13(7-6-12(10)4)16(14,15)8-5-11-3/h11H,5-9H2,1-4H3. The zero-order valence-corrected chi connectivity index (χ0v) is 11.5. The maximum atomic E-state index is 12.0. The van der Waals surface area contributed by atoms with Crippen molar-refractivity contribution in [3.05, 3.63) is 0 Å². The minimum Gasteiger partial charge on any atom is -0.319 e. The highest BCUT2D eigenvalue weighted by atomic mass is 32.2. The second-order valence-corrected chi connectivity index (χ2v) is 7.08. The fraction of sp³-hybridized carbons (Fsp3) is 1.00. The number of rotatable bonds is 4. The van der Waals surface area contributed by atoms with Gasteiger partial charge < -0.3 is 5.32 Å². The molecule has 0 aromatic carbocycles. The molecule has 1 rings (SSSR count). The van der Waals surface area contributed by atoms with Crippen LogP contribution in [0.15, 0.2) is 0 Å². The van der Waals surface area contributed by atoms with Crippen molar-refractivity contribution in [2.45, 2.75) is 19.4 Å². The topological polar surface area (TPSA) is 52.7 Å². The molecule has 0 bridgehead atoms. The highest BCUT2D eigenvalue weighted by Crippen LogP contribution is 2.20. The van der Waals surface area contributed by atoms with E-state index >= 15 is 0 Å². The van der Waals surface area contributed by atoms with Gasteiger partial charge in [0.15, 0.2) is 0 Å². The summed E-state index contributed by atoms with van der Waals surface area (Å²) in [6, 6.07) is 0. The number of nitrogens with one attached hydrogen (secondary N) is 1. The summed E-state index contributed by atoms with van der Waals surface area (Å²) in [5.41, 5.74) is -0.0784. The first-order chi connectivity index (χ1) is 7.29. The van der Waals surface area contributed by atoms with E-state index in [1.165, 1.54) is 0 Å². The van der Waals surface area contributed by atoms with Crippen LogP contribution in [0.5, 0.6) is 0 Å². The van der Waals surface area contributed by atoms with Crippen LogP contribution in [0.4, 0.5) is 0 Å². The molecule has 1 fully saturated rings. The van der Waals surface area contributed by atoms with E-state index in [1.54, 1.807) is 11.4 Å². The van der Waals surface area contributed by atoms with Gasteiger partial charge in [0.05, 0.1) is 5.75 Å². The Bertz CT molecular complexity index is 327. The Morgan fingerprint density at radius 2 is 1.94 bits per heavy atom. The zero-order valence-electron chi connectivity index (χ0n) is 10.7. The number of likely N-dealkylation sites (N-methyl/N-ethyl adjacent to an activating group) is 1. The van der Waals surface area contributed by atoms with Gasteiger partial charge in [-0.1, -0.05) is 0 Å². The lowest BCUT2D eigenvalue weighted by Gasteiger charge is -2.44. The molecule has 96 valence electrons. The van der Waals surface area contributed by atoms with Crippen LogP contribution >= 0.6 is 0 Å². The van der Waals surface area contributed by atoms with E-state index in [9.17, 15) is 8.42 Å². The van der Waals surface area contributed by atoms with Gasteiger partial charge in [0.1, 0.15) is 0 Å². The average Bonchev–Trinajstić information content (AvgIpc) is 2.19. The molecule has 1 aliphatic rings. The molecule has 6 heteroatoms. The monoisotopic (exact) mass is 249 g/mol. The molecule has 1 heterocycles. The van der Waals surface area contributed by atoms with Crippen molar-refractivity contribution in [1.82, 2.24) is 14.5 Å². The molecule has 0 spiro atoms. The molecular weight excluding hydrogens is 226 g/mol. The summed E-state index contributed by atoms with van der Waals surface area (Å²) in [6.07, 6.45) is 0. The molecule has 0 aromatic heterocycles. The van der Waals surface area contributed by atoms with Crippen molar-refractivity contribution in [2.75, 3.05) is 46.0 Å². The molecule has 1 N–H and O–H groups in total. The minimum absolute atomic E-state index is 0.0784. The number of hydrogen-bond acceptors (Lipinski definition) is 4. The summed E-state index contributed by atoms with van der Waals surface area (Å²) in [4.78, 5) is 2.21. The molecule has 16 heavy (non-hydrogen) atoms. The predicted octanol–water partition coefficient (Wildman–Crippen LogP) is -0.438. The van der Waals surface area contributed by atoms with Gasteiger partial charge in [0.2, 0.25) is 10.0 Å². The Labute approximate surface area is 98.8 Å². The van der Waals surface area contributed by atoms with E-state index < -0.39 is 10.0 Å². The molecule has 0 atom stereocenters. The van der Waals surface area contributed by atoms with Crippen LogP contribution in [-0.2, 0) is 10.0 Å². The Kier molecular flexibility index (Phi) is 4.34. The van der Waals surface area contributed by atoms with Crippen molar-refractivity contribution < 1.29 is 8.42 Å². The molecule has 0 saturated carbocycles. The highest BCUT2D eigenvalue weighted by molar-refractivity contribution is 7.89. The van der Waals surface area contributed by atoms with E-state index in [0.29, 0.717) is 19.6 Å². The van der Waals surface area contributed by atoms with E-state index in [-0.39, 0.29) is 11.3 Å². The molecule has 0 unspecified atom stereocenters. The van der Waals surface area contributed by atoms with E-state index in [0.717, 1.165) is 6.54 Å². The summed E-state index contributed by atoms with van der Waals surface area (Å²) in [5.74, 6) is 0.184. The van der Waals surface area contributed by atoms with Crippen LogP contribution in [0, 0.1) is 0 Å². The first-order valence-electron chi connectivity index (χ1n) is 5.63. The predicted molar refractivity (Wildman–Crippen MR) is 66.0 cm³/mol. The Hall–Kier alpha value is -0.170. The number of hydrogen-bond donors (Lipinski definition) is 1. The quantitative estimate of drug-likeness (QED) is 0.734. The van der Waals surface area contributed by atoms with Crippen molar-refractivity contribution >= 4 is 10.0 Å². The summed E-state index contributed by atoms with van der Waals surface area (Å²) in [6.45, 7) is 6.64. The molecule has 1 aliphatic heterocycles. The third kappa shape index (κ3) is 3.16.